The van der Waals surface area contributed by atoms with Gasteiger partial charge >= 0.3 is 0 Å². The quantitative estimate of drug-likeness (QED) is 0.787. The summed E-state index contributed by atoms with van der Waals surface area (Å²) >= 11 is 1.93. The molecule has 0 saturated carbocycles. The van der Waals surface area contributed by atoms with E-state index in [1.807, 2.05) is 30.4 Å². The second-order valence-corrected chi connectivity index (χ2v) is 4.47. The Bertz CT molecular complexity index is 393. The maximum Gasteiger partial charge on any atom is 0.176 e. The van der Waals surface area contributed by atoms with Gasteiger partial charge in [-0.15, -0.1) is 0 Å². The molecule has 0 radical (unpaired) electrons. The van der Waals surface area contributed by atoms with Gasteiger partial charge < -0.3 is 9.55 Å². The molecule has 2 heterocycles. The molecule has 2 rings (SSSR count). The van der Waals surface area contributed by atoms with E-state index in [4.69, 9.17) is 0 Å². The van der Waals surface area contributed by atoms with Gasteiger partial charge in [-0.3, -0.25) is 0 Å². The summed E-state index contributed by atoms with van der Waals surface area (Å²) in [6.45, 7) is 3.15. The number of thioether (sulfide) groups is 1. The maximum absolute atomic E-state index is 4.30. The Morgan fingerprint density at radius 1 is 1.40 bits per heavy atom. The number of aromatic nitrogens is 4. The van der Waals surface area contributed by atoms with Gasteiger partial charge in [0.05, 0.1) is 0 Å². The molecule has 0 aliphatic carbocycles. The molecule has 0 amide bonds. The summed E-state index contributed by atoms with van der Waals surface area (Å²) < 4.78 is 2.13. The highest BCUT2D eigenvalue weighted by Gasteiger charge is 2.06. The van der Waals surface area contributed by atoms with E-state index in [0.717, 1.165) is 29.7 Å². The van der Waals surface area contributed by atoms with Crippen molar-refractivity contribution in [3.8, 4) is 11.6 Å². The van der Waals surface area contributed by atoms with Gasteiger partial charge in [0.1, 0.15) is 0 Å². The number of nitrogens with zero attached hydrogens (tertiary/aromatic N) is 3. The van der Waals surface area contributed by atoms with Crippen LogP contribution in [0.15, 0.2) is 24.8 Å². The first kappa shape index (κ1) is 10.3. The van der Waals surface area contributed by atoms with Crippen molar-refractivity contribution >= 4 is 11.8 Å². The van der Waals surface area contributed by atoms with Gasteiger partial charge in [-0.25, -0.2) is 9.97 Å². The molecule has 0 aromatic carbocycles. The van der Waals surface area contributed by atoms with Gasteiger partial charge in [0.15, 0.2) is 11.6 Å². The van der Waals surface area contributed by atoms with Crippen molar-refractivity contribution in [1.29, 1.82) is 0 Å². The molecule has 0 aliphatic rings. The third-order valence-corrected chi connectivity index (χ3v) is 2.99. The molecule has 1 N–H and O–H groups in total. The number of imidazole rings is 2. The fourth-order valence-corrected chi connectivity index (χ4v) is 2.02. The van der Waals surface area contributed by atoms with Crippen molar-refractivity contribution in [3.63, 3.8) is 0 Å². The van der Waals surface area contributed by atoms with E-state index in [-0.39, 0.29) is 0 Å². The molecule has 0 bridgehead atoms. The Hall–Kier alpha value is -1.23. The van der Waals surface area contributed by atoms with E-state index < -0.39 is 0 Å². The minimum Gasteiger partial charge on any atom is -0.342 e. The van der Waals surface area contributed by atoms with Crippen LogP contribution in [0.1, 0.15) is 6.92 Å². The average molecular weight is 222 g/mol. The van der Waals surface area contributed by atoms with Crippen LogP contribution >= 0.6 is 11.8 Å². The lowest BCUT2D eigenvalue weighted by atomic mass is 10.5. The molecular weight excluding hydrogens is 208 g/mol. The van der Waals surface area contributed by atoms with Crippen LogP contribution < -0.4 is 0 Å². The number of hydrogen-bond acceptors (Lipinski definition) is 3. The highest BCUT2D eigenvalue weighted by Crippen LogP contribution is 2.12. The van der Waals surface area contributed by atoms with Crippen LogP contribution in [0.5, 0.6) is 0 Å². The van der Waals surface area contributed by atoms with Crippen LogP contribution in [0.4, 0.5) is 0 Å². The first-order valence-electron chi connectivity index (χ1n) is 5.00. The minimum absolute atomic E-state index is 0.835. The number of aryl methyl sites for hydroxylation is 1. The topological polar surface area (TPSA) is 46.5 Å². The molecule has 15 heavy (non-hydrogen) atoms. The molecule has 2 aromatic rings. The third kappa shape index (κ3) is 2.41. The Kier molecular flexibility index (Phi) is 3.45. The molecule has 0 saturated heterocycles. The van der Waals surface area contributed by atoms with E-state index in [0.29, 0.717) is 0 Å². The zero-order chi connectivity index (χ0) is 10.5. The zero-order valence-electron chi connectivity index (χ0n) is 8.68. The molecule has 2 aromatic heterocycles. The van der Waals surface area contributed by atoms with Crippen molar-refractivity contribution in [2.75, 3.05) is 11.5 Å². The van der Waals surface area contributed by atoms with Crippen molar-refractivity contribution < 1.29 is 0 Å². The van der Waals surface area contributed by atoms with E-state index in [1.165, 1.54) is 0 Å². The number of aromatic amines is 1. The Balaban J connectivity index is 2.09. The fraction of sp³-hybridized carbons (Fsp3) is 0.400. The second kappa shape index (κ2) is 5.02. The van der Waals surface area contributed by atoms with Crippen LogP contribution in [0, 0.1) is 0 Å². The average Bonchev–Trinajstić information content (AvgIpc) is 2.87. The van der Waals surface area contributed by atoms with E-state index in [2.05, 4.69) is 26.4 Å². The number of H-pyrrole nitrogens is 1. The minimum atomic E-state index is 0.835. The zero-order valence-corrected chi connectivity index (χ0v) is 9.50. The van der Waals surface area contributed by atoms with Crippen LogP contribution in [-0.2, 0) is 6.54 Å². The van der Waals surface area contributed by atoms with Crippen LogP contribution in [-0.4, -0.2) is 31.0 Å². The molecular formula is C10H14N4S. The lowest BCUT2D eigenvalue weighted by Gasteiger charge is -2.04. The molecule has 5 heteroatoms. The Labute approximate surface area is 93.1 Å². The largest absolute Gasteiger partial charge is 0.342 e. The Morgan fingerprint density at radius 2 is 2.33 bits per heavy atom. The summed E-state index contributed by atoms with van der Waals surface area (Å²) in [5.41, 5.74) is 0. The van der Waals surface area contributed by atoms with Crippen molar-refractivity contribution in [1.82, 2.24) is 19.5 Å². The second-order valence-electron chi connectivity index (χ2n) is 3.08. The summed E-state index contributed by atoms with van der Waals surface area (Å²) in [7, 11) is 0. The Morgan fingerprint density at radius 3 is 3.07 bits per heavy atom. The smallest absolute Gasteiger partial charge is 0.176 e. The third-order valence-electron chi connectivity index (χ3n) is 2.11. The molecule has 0 spiro atoms. The highest BCUT2D eigenvalue weighted by molar-refractivity contribution is 7.99. The normalized spacial score (nSPS) is 10.7. The molecule has 4 nitrogen and oxygen atoms in total. The first-order valence-corrected chi connectivity index (χ1v) is 6.16. The number of hydrogen-bond donors (Lipinski definition) is 1. The predicted molar refractivity (Wildman–Crippen MR) is 62.8 cm³/mol. The first-order chi connectivity index (χ1) is 7.42. The standard InChI is InChI=1S/C10H14N4S/c1-2-15-8-7-14-6-5-13-10(14)9-11-3-4-12-9/h3-6H,2,7-8H2,1H3,(H,11,12). The summed E-state index contributed by atoms with van der Waals surface area (Å²) in [6.07, 6.45) is 7.37. The van der Waals surface area contributed by atoms with Gasteiger partial charge in [-0.05, 0) is 5.75 Å². The monoisotopic (exact) mass is 222 g/mol. The molecule has 0 atom stereocenters. The van der Waals surface area contributed by atoms with Gasteiger partial charge in [0, 0.05) is 37.1 Å². The number of nitrogens with one attached hydrogen (secondary N) is 1. The lowest BCUT2D eigenvalue weighted by molar-refractivity contribution is 0.774. The molecule has 80 valence electrons. The van der Waals surface area contributed by atoms with E-state index in [1.54, 1.807) is 6.20 Å². The molecule has 0 unspecified atom stereocenters. The van der Waals surface area contributed by atoms with Crippen LogP contribution in [0.2, 0.25) is 0 Å². The van der Waals surface area contributed by atoms with Crippen molar-refractivity contribution in [2.24, 2.45) is 0 Å². The van der Waals surface area contributed by atoms with Gasteiger partial charge in [-0.2, -0.15) is 11.8 Å². The lowest BCUT2D eigenvalue weighted by Crippen LogP contribution is -2.02. The van der Waals surface area contributed by atoms with Crippen LogP contribution in [0.25, 0.3) is 11.6 Å². The predicted octanol–water partition coefficient (Wildman–Crippen LogP) is 2.03. The maximum atomic E-state index is 4.30. The summed E-state index contributed by atoms with van der Waals surface area (Å²) in [6, 6.07) is 0. The van der Waals surface area contributed by atoms with E-state index in [9.17, 15) is 0 Å². The molecule has 0 aliphatic heterocycles. The summed E-state index contributed by atoms with van der Waals surface area (Å²) in [4.78, 5) is 11.6. The van der Waals surface area contributed by atoms with Gasteiger partial charge in [0.2, 0.25) is 0 Å². The van der Waals surface area contributed by atoms with E-state index >= 15 is 0 Å². The summed E-state index contributed by atoms with van der Waals surface area (Å²) in [5.74, 6) is 4.02. The highest BCUT2D eigenvalue weighted by atomic mass is 32.2. The number of rotatable bonds is 5. The summed E-state index contributed by atoms with van der Waals surface area (Å²) in [5, 5.41) is 0. The molecule has 0 fully saturated rings. The SMILES string of the molecule is CCSCCn1ccnc1-c1ncc[nH]1. The fourth-order valence-electron chi connectivity index (χ4n) is 1.40. The van der Waals surface area contributed by atoms with Crippen molar-refractivity contribution in [2.45, 2.75) is 13.5 Å². The van der Waals surface area contributed by atoms with Crippen molar-refractivity contribution in [3.05, 3.63) is 24.8 Å². The van der Waals surface area contributed by atoms with Gasteiger partial charge in [0.25, 0.3) is 0 Å². The van der Waals surface area contributed by atoms with Crippen LogP contribution in [0.3, 0.4) is 0 Å². The van der Waals surface area contributed by atoms with Gasteiger partial charge in [-0.1, -0.05) is 6.92 Å².